The zero-order valence-electron chi connectivity index (χ0n) is 18.4. The monoisotopic (exact) mass is 493 g/mol. The number of hydrogen-bond acceptors (Lipinski definition) is 4. The molecule has 0 atom stereocenters. The Morgan fingerprint density at radius 1 is 0.943 bits per heavy atom. The highest BCUT2D eigenvalue weighted by molar-refractivity contribution is 5.92. The third-order valence-corrected chi connectivity index (χ3v) is 5.09. The molecule has 0 saturated carbocycles. The SMILES string of the molecule is Cc1cc(C(F)(F)CCc2ccc(C(=O)O)nc2)cc(C(=O)NCc2cccc(C(F)(F)F)c2)n1. The molecular formula is C24H20F5N3O3. The van der Waals surface area contributed by atoms with Crippen LogP contribution >= 0.6 is 0 Å². The zero-order valence-corrected chi connectivity index (χ0v) is 18.4. The van der Waals surface area contributed by atoms with Gasteiger partial charge in [-0.25, -0.2) is 23.5 Å². The molecule has 0 spiro atoms. The summed E-state index contributed by atoms with van der Waals surface area (Å²) in [5.74, 6) is -5.38. The van der Waals surface area contributed by atoms with Gasteiger partial charge in [0.05, 0.1) is 5.56 Å². The molecule has 1 amide bonds. The quantitative estimate of drug-likeness (QED) is 0.423. The molecule has 0 aliphatic carbocycles. The van der Waals surface area contributed by atoms with Gasteiger partial charge < -0.3 is 10.4 Å². The number of amides is 1. The van der Waals surface area contributed by atoms with Gasteiger partial charge in [-0.15, -0.1) is 0 Å². The Kier molecular flexibility index (Phi) is 7.47. The minimum Gasteiger partial charge on any atom is -0.477 e. The van der Waals surface area contributed by atoms with E-state index in [-0.39, 0.29) is 35.6 Å². The number of carboxylic acids is 1. The number of alkyl halides is 5. The number of carbonyl (C=O) groups is 2. The van der Waals surface area contributed by atoms with Crippen molar-refractivity contribution >= 4 is 11.9 Å². The standard InChI is InChI=1S/C24H20F5N3O3/c1-14-9-18(23(25,26)8-7-15-5-6-19(22(34)35)30-12-15)11-20(32-14)21(33)31-13-16-3-2-4-17(10-16)24(27,28)29/h2-6,9-12H,7-8,13H2,1H3,(H,31,33)(H,34,35). The van der Waals surface area contributed by atoms with Gasteiger partial charge in [0.2, 0.25) is 0 Å². The summed E-state index contributed by atoms with van der Waals surface area (Å²) in [6, 6.07) is 9.11. The van der Waals surface area contributed by atoms with Crippen LogP contribution in [0.2, 0.25) is 0 Å². The number of aromatic carboxylic acids is 1. The summed E-state index contributed by atoms with van der Waals surface area (Å²) in [5, 5.41) is 11.3. The Morgan fingerprint density at radius 2 is 1.69 bits per heavy atom. The fourth-order valence-electron chi connectivity index (χ4n) is 3.27. The molecule has 2 N–H and O–H groups in total. The molecule has 0 radical (unpaired) electrons. The van der Waals surface area contributed by atoms with E-state index in [0.717, 1.165) is 24.3 Å². The predicted molar refractivity (Wildman–Crippen MR) is 115 cm³/mol. The minimum absolute atomic E-state index is 0.0989. The highest BCUT2D eigenvalue weighted by Crippen LogP contribution is 2.34. The molecule has 0 saturated heterocycles. The Balaban J connectivity index is 1.70. The Hall–Kier alpha value is -3.89. The van der Waals surface area contributed by atoms with Crippen LogP contribution in [0.3, 0.4) is 0 Å². The lowest BCUT2D eigenvalue weighted by atomic mass is 10.00. The molecule has 11 heteroatoms. The van der Waals surface area contributed by atoms with Crippen molar-refractivity contribution in [2.45, 2.75) is 38.4 Å². The number of carbonyl (C=O) groups excluding carboxylic acids is 1. The van der Waals surface area contributed by atoms with Gasteiger partial charge >= 0.3 is 12.1 Å². The lowest BCUT2D eigenvalue weighted by Crippen LogP contribution is -2.25. The van der Waals surface area contributed by atoms with E-state index in [9.17, 15) is 31.5 Å². The number of rotatable bonds is 8. The molecule has 35 heavy (non-hydrogen) atoms. The number of hydrogen-bond donors (Lipinski definition) is 2. The van der Waals surface area contributed by atoms with E-state index in [1.54, 1.807) is 0 Å². The van der Waals surface area contributed by atoms with Crippen LogP contribution in [0.4, 0.5) is 22.0 Å². The summed E-state index contributed by atoms with van der Waals surface area (Å²) >= 11 is 0. The molecule has 0 unspecified atom stereocenters. The molecule has 0 fully saturated rings. The Bertz CT molecular complexity index is 1230. The maximum atomic E-state index is 14.9. The maximum absolute atomic E-state index is 14.9. The van der Waals surface area contributed by atoms with Crippen molar-refractivity contribution in [2.75, 3.05) is 0 Å². The van der Waals surface area contributed by atoms with E-state index in [1.807, 2.05) is 0 Å². The van der Waals surface area contributed by atoms with E-state index in [4.69, 9.17) is 5.11 Å². The average molecular weight is 493 g/mol. The van der Waals surface area contributed by atoms with Gasteiger partial charge in [-0.2, -0.15) is 13.2 Å². The number of nitrogens with one attached hydrogen (secondary N) is 1. The first-order valence-electron chi connectivity index (χ1n) is 10.3. The van der Waals surface area contributed by atoms with Gasteiger partial charge in [-0.1, -0.05) is 18.2 Å². The normalized spacial score (nSPS) is 11.8. The lowest BCUT2D eigenvalue weighted by Gasteiger charge is -2.18. The summed E-state index contributed by atoms with van der Waals surface area (Å²) in [6.45, 7) is 1.20. The van der Waals surface area contributed by atoms with E-state index in [2.05, 4.69) is 15.3 Å². The topological polar surface area (TPSA) is 92.2 Å². The zero-order chi connectivity index (χ0) is 25.8. The van der Waals surface area contributed by atoms with Gasteiger partial charge in [0.25, 0.3) is 11.8 Å². The van der Waals surface area contributed by atoms with Crippen molar-refractivity contribution in [3.63, 3.8) is 0 Å². The third kappa shape index (κ3) is 6.81. The number of halogens is 5. The van der Waals surface area contributed by atoms with Crippen LogP contribution in [-0.2, 0) is 25.1 Å². The first-order chi connectivity index (χ1) is 16.3. The van der Waals surface area contributed by atoms with Crippen LogP contribution in [0.25, 0.3) is 0 Å². The Morgan fingerprint density at radius 3 is 2.31 bits per heavy atom. The highest BCUT2D eigenvalue weighted by Gasteiger charge is 2.33. The molecule has 0 bridgehead atoms. The predicted octanol–water partition coefficient (Wildman–Crippen LogP) is 5.16. The van der Waals surface area contributed by atoms with Gasteiger partial charge in [-0.05, 0) is 54.8 Å². The van der Waals surface area contributed by atoms with Crippen LogP contribution in [0.5, 0.6) is 0 Å². The first-order valence-corrected chi connectivity index (χ1v) is 10.3. The van der Waals surface area contributed by atoms with Gasteiger partial charge in [0, 0.05) is 30.4 Å². The summed E-state index contributed by atoms with van der Waals surface area (Å²) in [7, 11) is 0. The summed E-state index contributed by atoms with van der Waals surface area (Å²) < 4.78 is 68.4. The summed E-state index contributed by atoms with van der Waals surface area (Å²) in [6.07, 6.45) is -4.05. The largest absolute Gasteiger partial charge is 0.477 e. The molecule has 184 valence electrons. The van der Waals surface area contributed by atoms with Crippen molar-refractivity contribution in [3.05, 3.63) is 94.1 Å². The number of benzene rings is 1. The van der Waals surface area contributed by atoms with E-state index in [0.29, 0.717) is 5.56 Å². The fourth-order valence-corrected chi connectivity index (χ4v) is 3.27. The van der Waals surface area contributed by atoms with Crippen molar-refractivity contribution in [2.24, 2.45) is 0 Å². The van der Waals surface area contributed by atoms with Crippen molar-refractivity contribution in [3.8, 4) is 0 Å². The molecular weight excluding hydrogens is 473 g/mol. The lowest BCUT2D eigenvalue weighted by molar-refractivity contribution is -0.137. The summed E-state index contributed by atoms with van der Waals surface area (Å²) in [4.78, 5) is 31.0. The first kappa shape index (κ1) is 25.7. The van der Waals surface area contributed by atoms with Crippen LogP contribution in [0.15, 0.2) is 54.7 Å². The maximum Gasteiger partial charge on any atom is 0.416 e. The van der Waals surface area contributed by atoms with E-state index < -0.39 is 41.5 Å². The molecule has 2 aromatic heterocycles. The van der Waals surface area contributed by atoms with Crippen LogP contribution in [-0.4, -0.2) is 27.0 Å². The molecule has 0 aliphatic heterocycles. The van der Waals surface area contributed by atoms with Crippen molar-refractivity contribution in [1.29, 1.82) is 0 Å². The minimum atomic E-state index is -4.53. The third-order valence-electron chi connectivity index (χ3n) is 5.09. The fraction of sp³-hybridized carbons (Fsp3) is 0.250. The van der Waals surface area contributed by atoms with Crippen LogP contribution in [0.1, 0.15) is 55.3 Å². The molecule has 3 aromatic rings. The van der Waals surface area contributed by atoms with Crippen molar-refractivity contribution in [1.82, 2.24) is 15.3 Å². The van der Waals surface area contributed by atoms with E-state index in [1.165, 1.54) is 37.4 Å². The number of pyridine rings is 2. The van der Waals surface area contributed by atoms with Gasteiger partial charge in [-0.3, -0.25) is 4.79 Å². The average Bonchev–Trinajstić information content (AvgIpc) is 2.80. The molecule has 6 nitrogen and oxygen atoms in total. The van der Waals surface area contributed by atoms with Crippen LogP contribution < -0.4 is 5.32 Å². The van der Waals surface area contributed by atoms with Crippen molar-refractivity contribution < 1.29 is 36.6 Å². The smallest absolute Gasteiger partial charge is 0.416 e. The molecule has 2 heterocycles. The highest BCUT2D eigenvalue weighted by atomic mass is 19.4. The molecule has 1 aromatic carbocycles. The Labute approximate surface area is 196 Å². The van der Waals surface area contributed by atoms with Crippen LogP contribution in [0, 0.1) is 6.92 Å². The number of aromatic nitrogens is 2. The second-order valence-electron chi connectivity index (χ2n) is 7.82. The number of aryl methyl sites for hydroxylation is 2. The molecule has 3 rings (SSSR count). The second-order valence-corrected chi connectivity index (χ2v) is 7.82. The van der Waals surface area contributed by atoms with E-state index >= 15 is 0 Å². The second kappa shape index (κ2) is 10.2. The summed E-state index contributed by atoms with van der Waals surface area (Å²) in [5.41, 5.74) is -1.03. The van der Waals surface area contributed by atoms with Gasteiger partial charge in [0.15, 0.2) is 0 Å². The number of nitrogens with zero attached hydrogens (tertiary/aromatic N) is 2. The van der Waals surface area contributed by atoms with Gasteiger partial charge in [0.1, 0.15) is 11.4 Å². The number of carboxylic acid groups (broad SMARTS) is 1. The molecule has 0 aliphatic rings.